The lowest BCUT2D eigenvalue weighted by Gasteiger charge is -2.27. The quantitative estimate of drug-likeness (QED) is 0.0829. The van der Waals surface area contributed by atoms with Crippen molar-refractivity contribution in [3.05, 3.63) is 77.9 Å². The molecule has 0 radical (unpaired) electrons. The van der Waals surface area contributed by atoms with Crippen LogP contribution in [0.5, 0.6) is 17.4 Å². The summed E-state index contributed by atoms with van der Waals surface area (Å²) in [6.07, 6.45) is 0. The van der Waals surface area contributed by atoms with Gasteiger partial charge in [0.1, 0.15) is 13.2 Å². The van der Waals surface area contributed by atoms with Crippen molar-refractivity contribution in [1.82, 2.24) is 9.78 Å². The molecule has 4 aromatic rings. The van der Waals surface area contributed by atoms with Crippen LogP contribution in [0.1, 0.15) is 59.6 Å². The molecule has 0 N–H and O–H groups in total. The zero-order chi connectivity index (χ0) is 41.9. The summed E-state index contributed by atoms with van der Waals surface area (Å²) >= 11 is 0. The smallest absolute Gasteiger partial charge is 0.315 e. The van der Waals surface area contributed by atoms with Crippen molar-refractivity contribution in [2.24, 2.45) is 7.05 Å². The Balaban J connectivity index is 1.74. The normalized spacial score (nSPS) is 12.8. The van der Waals surface area contributed by atoms with Crippen LogP contribution < -0.4 is 17.9 Å². The highest BCUT2D eigenvalue weighted by Gasteiger charge is 2.43. The van der Waals surface area contributed by atoms with E-state index in [9.17, 15) is 14.4 Å². The number of rotatable bonds is 16. The zero-order valence-corrected chi connectivity index (χ0v) is 34.5. The highest BCUT2D eigenvalue weighted by Crippen LogP contribution is 2.46. The summed E-state index contributed by atoms with van der Waals surface area (Å²) in [4.78, 5) is 36.1. The predicted molar refractivity (Wildman–Crippen MR) is 206 cm³/mol. The van der Waals surface area contributed by atoms with E-state index in [0.29, 0.717) is 22.6 Å². The van der Waals surface area contributed by atoms with E-state index in [4.69, 9.17) is 28.4 Å². The maximum Gasteiger partial charge on any atom is 0.315 e. The van der Waals surface area contributed by atoms with Crippen LogP contribution in [0.2, 0.25) is 0 Å². The molecule has 1 aliphatic rings. The van der Waals surface area contributed by atoms with E-state index in [-0.39, 0.29) is 53.9 Å². The van der Waals surface area contributed by atoms with E-state index in [0.717, 1.165) is 4.68 Å². The number of aromatic nitrogens is 2. The molecule has 0 aliphatic carbocycles. The van der Waals surface area contributed by atoms with Gasteiger partial charge < -0.3 is 28.4 Å². The van der Waals surface area contributed by atoms with Crippen LogP contribution in [0.25, 0.3) is 11.1 Å². The van der Waals surface area contributed by atoms with E-state index in [1.807, 2.05) is 0 Å². The van der Waals surface area contributed by atoms with E-state index < -0.39 is 64.4 Å². The molecular weight excluding hydrogens is 783 g/mol. The van der Waals surface area contributed by atoms with Crippen molar-refractivity contribution in [3.8, 4) is 28.5 Å². The largest absolute Gasteiger partial charge is 0.472 e. The van der Waals surface area contributed by atoms with Crippen molar-refractivity contribution in [2.75, 3.05) is 36.9 Å². The van der Waals surface area contributed by atoms with Gasteiger partial charge in [-0.05, 0) is 94.6 Å². The Labute approximate surface area is 331 Å². The highest BCUT2D eigenvalue weighted by atomic mass is 32.3. The van der Waals surface area contributed by atoms with Gasteiger partial charge in [0.2, 0.25) is 12.7 Å². The van der Waals surface area contributed by atoms with Gasteiger partial charge in [-0.25, -0.2) is 4.68 Å². The van der Waals surface area contributed by atoms with Gasteiger partial charge in [0.05, 0.1) is 39.4 Å². The van der Waals surface area contributed by atoms with Crippen molar-refractivity contribution < 1.29 is 59.6 Å². The number of aryl methyl sites for hydroxylation is 1. The van der Waals surface area contributed by atoms with Gasteiger partial charge in [0.15, 0.2) is 17.3 Å². The average Bonchev–Trinajstić information content (AvgIpc) is 3.76. The van der Waals surface area contributed by atoms with Crippen LogP contribution >= 0.6 is 0 Å². The van der Waals surface area contributed by atoms with Crippen LogP contribution in [-0.2, 0) is 66.5 Å². The van der Waals surface area contributed by atoms with Gasteiger partial charge in [0, 0.05) is 14.0 Å². The molecule has 5 rings (SSSR count). The number of hydrogen-bond donors (Lipinski definition) is 0. The Morgan fingerprint density at radius 2 is 1.23 bits per heavy atom. The number of carbonyl (C=O) groups is 3. The molecule has 306 valence electrons. The molecule has 3 aromatic carbocycles. The molecule has 0 amide bonds. The fourth-order valence-corrected chi connectivity index (χ4v) is 9.69. The lowest BCUT2D eigenvalue weighted by Crippen LogP contribution is -2.39. The Morgan fingerprint density at radius 1 is 0.737 bits per heavy atom. The number of esters is 3. The van der Waals surface area contributed by atoms with Crippen LogP contribution in [0, 0.1) is 0 Å². The van der Waals surface area contributed by atoms with Gasteiger partial charge in [-0.2, -0.15) is 16.8 Å². The van der Waals surface area contributed by atoms with Crippen LogP contribution in [0.15, 0.2) is 76.5 Å². The third-order valence-corrected chi connectivity index (χ3v) is 13.3. The molecule has 0 bridgehead atoms. The minimum Gasteiger partial charge on any atom is -0.472 e. The van der Waals surface area contributed by atoms with Crippen molar-refractivity contribution in [3.63, 3.8) is 0 Å². The van der Waals surface area contributed by atoms with Gasteiger partial charge >= 0.3 is 17.9 Å². The zero-order valence-electron chi connectivity index (χ0n) is 32.9. The van der Waals surface area contributed by atoms with Crippen molar-refractivity contribution >= 4 is 43.8 Å². The molecule has 57 heavy (non-hydrogen) atoms. The summed E-state index contributed by atoms with van der Waals surface area (Å²) in [5.74, 6) is -1.57. The summed E-state index contributed by atoms with van der Waals surface area (Å²) in [5, 5.41) is 4.41. The molecule has 0 saturated carbocycles. The Bertz CT molecular complexity index is 2270. The summed E-state index contributed by atoms with van der Waals surface area (Å²) in [5.41, 5.74) is -1.32. The molecule has 0 saturated heterocycles. The fourth-order valence-electron chi connectivity index (χ4n) is 5.92. The first-order valence-electron chi connectivity index (χ1n) is 17.9. The molecule has 0 unspecified atom stereocenters. The number of hydrogen-bond acceptors (Lipinski definition) is 14. The number of anilines is 1. The summed E-state index contributed by atoms with van der Waals surface area (Å²) in [7, 11) is -8.83. The Kier molecular flexibility index (Phi) is 12.3. The van der Waals surface area contributed by atoms with Crippen LogP contribution in [0.3, 0.4) is 0 Å². The third-order valence-electron chi connectivity index (χ3n) is 9.20. The molecule has 0 spiro atoms. The number of sulfonamides is 2. The monoisotopic (exact) mass is 827 g/mol. The molecule has 1 aliphatic heterocycles. The summed E-state index contributed by atoms with van der Waals surface area (Å²) in [6.45, 7) is 10.8. The third kappa shape index (κ3) is 8.41. The first-order valence-corrected chi connectivity index (χ1v) is 20.8. The number of carbonyl (C=O) groups excluding carboxylic acids is 3. The lowest BCUT2D eigenvalue weighted by molar-refractivity contribution is -0.149. The lowest BCUT2D eigenvalue weighted by atomic mass is 9.85. The standard InChI is InChI=1S/C39H45N3O13S2/c1-9-50-36(44)38(4,5)27-12-16-29(17-13-27)56(46,47)42(57(48,49)30-18-14-28(15-19-30)39(6,7)37(45)51-10-2)35-33(26-11-20-31-32(23-26)55-24-54-31)34(40-41(35)8)53-22-21-52-25(3)43/h11-20,23H,9-10,21-22,24H2,1-8H3. The van der Waals surface area contributed by atoms with E-state index in [1.165, 1.54) is 68.6 Å². The molecule has 16 nitrogen and oxygen atoms in total. The maximum absolute atomic E-state index is 15.0. The number of ether oxygens (including phenoxy) is 6. The second-order valence-corrected chi connectivity index (χ2v) is 17.6. The van der Waals surface area contributed by atoms with Crippen molar-refractivity contribution in [1.29, 1.82) is 0 Å². The Hall–Kier alpha value is -5.62. The second-order valence-electron chi connectivity index (χ2n) is 13.8. The number of benzene rings is 3. The number of fused-ring (bicyclic) bond motifs is 1. The highest BCUT2D eigenvalue weighted by molar-refractivity contribution is 8.10. The SMILES string of the molecule is CCOC(=O)C(C)(C)c1ccc(S(=O)(=O)N(c2c(-c3ccc4c(c3)OCO4)c(OCCOC(C)=O)nn2C)S(=O)(=O)c2ccc(C(C)(C)C(=O)OCC)cc2)cc1. The van der Waals surface area contributed by atoms with Gasteiger partial charge in [0.25, 0.3) is 20.0 Å². The first kappa shape index (κ1) is 42.5. The van der Waals surface area contributed by atoms with Crippen LogP contribution in [0.4, 0.5) is 5.82 Å². The molecule has 0 fully saturated rings. The van der Waals surface area contributed by atoms with Crippen LogP contribution in [-0.4, -0.2) is 77.7 Å². The number of nitrogens with zero attached hydrogens (tertiary/aromatic N) is 3. The average molecular weight is 828 g/mol. The molecule has 2 heterocycles. The maximum atomic E-state index is 15.0. The first-order chi connectivity index (χ1) is 26.8. The summed E-state index contributed by atoms with van der Waals surface area (Å²) in [6, 6.07) is 15.1. The van der Waals surface area contributed by atoms with Gasteiger partial charge in [-0.3, -0.25) is 14.4 Å². The summed E-state index contributed by atoms with van der Waals surface area (Å²) < 4.78 is 93.8. The second kappa shape index (κ2) is 16.5. The molecule has 0 atom stereocenters. The van der Waals surface area contributed by atoms with Crippen molar-refractivity contribution in [2.45, 2.75) is 69.1 Å². The molecular formula is C39H45N3O13S2. The van der Waals surface area contributed by atoms with E-state index >= 15 is 16.8 Å². The van der Waals surface area contributed by atoms with E-state index in [1.54, 1.807) is 53.7 Å². The molecule has 1 aromatic heterocycles. The van der Waals surface area contributed by atoms with Gasteiger partial charge in [-0.15, -0.1) is 8.81 Å². The predicted octanol–water partition coefficient (Wildman–Crippen LogP) is 5.02. The van der Waals surface area contributed by atoms with Gasteiger partial charge in [-0.1, -0.05) is 30.3 Å². The topological polar surface area (TPSA) is 196 Å². The van der Waals surface area contributed by atoms with E-state index in [2.05, 4.69) is 5.10 Å². The minimum atomic E-state index is -5.09. The fraction of sp³-hybridized carbons (Fsp3) is 0.385. The molecule has 18 heteroatoms. The minimum absolute atomic E-state index is 0.0640. The Morgan fingerprint density at radius 3 is 1.70 bits per heavy atom.